The number of aliphatic hydroxyl groups is 1. The van der Waals surface area contributed by atoms with Gasteiger partial charge in [-0.25, -0.2) is 0 Å². The van der Waals surface area contributed by atoms with Gasteiger partial charge in [0.05, 0.1) is 0 Å². The predicted molar refractivity (Wildman–Crippen MR) is 56.9 cm³/mol. The van der Waals surface area contributed by atoms with Crippen LogP contribution in [0.25, 0.3) is 0 Å². The molecule has 0 fully saturated rings. The van der Waals surface area contributed by atoms with Gasteiger partial charge in [0.25, 0.3) is 0 Å². The van der Waals surface area contributed by atoms with E-state index < -0.39 is 0 Å². The molecule has 1 N–H and O–H groups in total. The van der Waals surface area contributed by atoms with E-state index in [9.17, 15) is 5.11 Å². The Labute approximate surface area is 82.9 Å². The van der Waals surface area contributed by atoms with Crippen LogP contribution in [0.1, 0.15) is 52.9 Å². The van der Waals surface area contributed by atoms with Crippen molar-refractivity contribution in [2.45, 2.75) is 52.9 Å². The maximum Gasteiger partial charge on any atom is 0.161 e. The van der Waals surface area contributed by atoms with Gasteiger partial charge in [0, 0.05) is 13.1 Å². The van der Waals surface area contributed by atoms with Crippen LogP contribution < -0.4 is 0 Å². The lowest BCUT2D eigenvalue weighted by Crippen LogP contribution is -2.30. The van der Waals surface area contributed by atoms with Crippen LogP contribution in [0.5, 0.6) is 0 Å². The topological polar surface area (TPSA) is 23.5 Å². The largest absolute Gasteiger partial charge is 0.371 e. The summed E-state index contributed by atoms with van der Waals surface area (Å²) >= 11 is 0. The third-order valence-electron chi connectivity index (χ3n) is 2.24. The van der Waals surface area contributed by atoms with E-state index in [4.69, 9.17) is 0 Å². The van der Waals surface area contributed by atoms with Crippen LogP contribution in [-0.4, -0.2) is 23.1 Å². The van der Waals surface area contributed by atoms with Gasteiger partial charge in [-0.05, 0) is 19.3 Å². The Morgan fingerprint density at radius 1 is 1.00 bits per heavy atom. The van der Waals surface area contributed by atoms with Crippen molar-refractivity contribution in [3.63, 3.8) is 0 Å². The second-order valence-corrected chi connectivity index (χ2v) is 3.46. The molecule has 0 unspecified atom stereocenters. The highest BCUT2D eigenvalue weighted by atomic mass is 16.3. The van der Waals surface area contributed by atoms with Crippen LogP contribution in [0.4, 0.5) is 0 Å². The minimum Gasteiger partial charge on any atom is -0.371 e. The molecular weight excluding hydrogens is 162 g/mol. The van der Waals surface area contributed by atoms with Crippen molar-refractivity contribution in [2.24, 2.45) is 0 Å². The van der Waals surface area contributed by atoms with Gasteiger partial charge in [0.1, 0.15) is 0 Å². The summed E-state index contributed by atoms with van der Waals surface area (Å²) < 4.78 is 0. The second-order valence-electron chi connectivity index (χ2n) is 3.46. The van der Waals surface area contributed by atoms with Crippen molar-refractivity contribution in [3.05, 3.63) is 6.23 Å². The Kier molecular flexibility index (Phi) is 8.46. The first-order valence-electron chi connectivity index (χ1n) is 5.55. The molecule has 0 aliphatic rings. The van der Waals surface area contributed by atoms with Crippen LogP contribution in [0.3, 0.4) is 0 Å². The van der Waals surface area contributed by atoms with E-state index in [1.807, 2.05) is 6.92 Å². The average molecular weight is 186 g/mol. The number of aliphatic hydroxyl groups excluding tert-OH is 1. The van der Waals surface area contributed by atoms with Gasteiger partial charge in [-0.2, -0.15) is 0 Å². The normalized spacial score (nSPS) is 11.5. The minimum atomic E-state index is 0.557. The third-order valence-corrected chi connectivity index (χ3v) is 2.24. The Balaban J connectivity index is 3.72. The van der Waals surface area contributed by atoms with Gasteiger partial charge in [-0.3, -0.25) is 4.90 Å². The lowest BCUT2D eigenvalue weighted by molar-refractivity contribution is 0.102. The van der Waals surface area contributed by atoms with Crippen LogP contribution in [0.15, 0.2) is 0 Å². The van der Waals surface area contributed by atoms with Crippen LogP contribution >= 0.6 is 0 Å². The Morgan fingerprint density at radius 3 is 1.77 bits per heavy atom. The van der Waals surface area contributed by atoms with Crippen molar-refractivity contribution in [1.82, 2.24) is 4.90 Å². The van der Waals surface area contributed by atoms with Crippen molar-refractivity contribution in [2.75, 3.05) is 13.1 Å². The molecule has 0 aromatic rings. The monoisotopic (exact) mass is 186 g/mol. The number of hydrogen-bond donors (Lipinski definition) is 1. The van der Waals surface area contributed by atoms with E-state index in [0.717, 1.165) is 19.5 Å². The average Bonchev–Trinajstić information content (AvgIpc) is 2.17. The summed E-state index contributed by atoms with van der Waals surface area (Å²) in [7, 11) is 0. The molecule has 0 saturated carbocycles. The summed E-state index contributed by atoms with van der Waals surface area (Å²) in [5.41, 5.74) is 0. The molecule has 0 amide bonds. The van der Waals surface area contributed by atoms with Gasteiger partial charge >= 0.3 is 0 Å². The minimum absolute atomic E-state index is 0.557. The van der Waals surface area contributed by atoms with E-state index >= 15 is 0 Å². The van der Waals surface area contributed by atoms with Crippen molar-refractivity contribution in [3.8, 4) is 0 Å². The summed E-state index contributed by atoms with van der Waals surface area (Å²) in [4.78, 5) is 2.12. The SMILES string of the molecule is CCCCN(CCCC)[C](O)CC. The molecule has 0 heterocycles. The van der Waals surface area contributed by atoms with E-state index in [2.05, 4.69) is 18.7 Å². The molecule has 0 bridgehead atoms. The highest BCUT2D eigenvalue weighted by Crippen LogP contribution is 2.11. The molecule has 0 aromatic carbocycles. The highest BCUT2D eigenvalue weighted by Gasteiger charge is 2.13. The van der Waals surface area contributed by atoms with Crippen LogP contribution in [0, 0.1) is 6.23 Å². The molecule has 0 spiro atoms. The lowest BCUT2D eigenvalue weighted by atomic mass is 10.2. The first-order chi connectivity index (χ1) is 6.26. The Morgan fingerprint density at radius 2 is 1.46 bits per heavy atom. The van der Waals surface area contributed by atoms with E-state index in [0.29, 0.717) is 6.23 Å². The number of rotatable bonds is 8. The number of hydrogen-bond acceptors (Lipinski definition) is 2. The van der Waals surface area contributed by atoms with Gasteiger partial charge in [-0.15, -0.1) is 0 Å². The second kappa shape index (κ2) is 8.52. The Bertz CT molecular complexity index is 98.3. The number of nitrogens with zero attached hydrogens (tertiary/aromatic N) is 1. The van der Waals surface area contributed by atoms with Gasteiger partial charge in [0.2, 0.25) is 0 Å². The standard InChI is InChI=1S/C11H24NO/c1-4-7-9-12(10-8-5-2)11(13)6-3/h13H,4-10H2,1-3H3. The molecule has 13 heavy (non-hydrogen) atoms. The molecule has 2 heteroatoms. The van der Waals surface area contributed by atoms with Gasteiger partial charge in [0.15, 0.2) is 6.23 Å². The van der Waals surface area contributed by atoms with Crippen molar-refractivity contribution >= 4 is 0 Å². The fourth-order valence-corrected chi connectivity index (χ4v) is 1.29. The smallest absolute Gasteiger partial charge is 0.161 e. The first-order valence-corrected chi connectivity index (χ1v) is 5.55. The Hall–Kier alpha value is -0.0800. The zero-order valence-corrected chi connectivity index (χ0v) is 9.34. The van der Waals surface area contributed by atoms with E-state index in [1.54, 1.807) is 0 Å². The first kappa shape index (κ1) is 12.9. The molecule has 2 nitrogen and oxygen atoms in total. The zero-order chi connectivity index (χ0) is 10.1. The fraction of sp³-hybridized carbons (Fsp3) is 0.909. The summed E-state index contributed by atoms with van der Waals surface area (Å²) in [6, 6.07) is 0. The summed E-state index contributed by atoms with van der Waals surface area (Å²) in [5, 5.41) is 9.61. The molecular formula is C11H24NO. The van der Waals surface area contributed by atoms with Crippen molar-refractivity contribution < 1.29 is 5.11 Å². The predicted octanol–water partition coefficient (Wildman–Crippen LogP) is 3.16. The fourth-order valence-electron chi connectivity index (χ4n) is 1.29. The van der Waals surface area contributed by atoms with Crippen molar-refractivity contribution in [1.29, 1.82) is 0 Å². The van der Waals surface area contributed by atoms with E-state index in [1.165, 1.54) is 25.7 Å². The zero-order valence-electron chi connectivity index (χ0n) is 9.34. The molecule has 0 rings (SSSR count). The van der Waals surface area contributed by atoms with E-state index in [-0.39, 0.29) is 0 Å². The maximum atomic E-state index is 9.61. The van der Waals surface area contributed by atoms with Gasteiger partial charge in [-0.1, -0.05) is 33.6 Å². The maximum absolute atomic E-state index is 9.61. The van der Waals surface area contributed by atoms with Crippen LogP contribution in [-0.2, 0) is 0 Å². The molecule has 0 aromatic heterocycles. The third kappa shape index (κ3) is 6.05. The molecule has 0 aliphatic carbocycles. The summed E-state index contributed by atoms with van der Waals surface area (Å²) in [6.45, 7) is 8.38. The summed E-state index contributed by atoms with van der Waals surface area (Å²) in [5.74, 6) is 0. The highest BCUT2D eigenvalue weighted by molar-refractivity contribution is 4.75. The summed E-state index contributed by atoms with van der Waals surface area (Å²) in [6.07, 6.45) is 6.05. The molecule has 1 radical (unpaired) electrons. The lowest BCUT2D eigenvalue weighted by Gasteiger charge is -2.25. The van der Waals surface area contributed by atoms with Gasteiger partial charge < -0.3 is 5.11 Å². The molecule has 0 atom stereocenters. The molecule has 79 valence electrons. The quantitative estimate of drug-likeness (QED) is 0.629. The van der Waals surface area contributed by atoms with Crippen LogP contribution in [0.2, 0.25) is 0 Å². The molecule has 0 saturated heterocycles. The molecule has 0 aliphatic heterocycles. The number of unbranched alkanes of at least 4 members (excludes halogenated alkanes) is 2.